The van der Waals surface area contributed by atoms with Crippen molar-refractivity contribution in [3.63, 3.8) is 0 Å². The van der Waals surface area contributed by atoms with E-state index in [0.29, 0.717) is 12.8 Å². The van der Waals surface area contributed by atoms with E-state index in [2.05, 4.69) is 86.8 Å². The van der Waals surface area contributed by atoms with Gasteiger partial charge in [0.05, 0.1) is 6.61 Å². The molecule has 478 valence electrons. The minimum atomic E-state index is -0.772. The van der Waals surface area contributed by atoms with Crippen LogP contribution in [0.3, 0.4) is 0 Å². The van der Waals surface area contributed by atoms with Crippen LogP contribution < -0.4 is 0 Å². The second kappa shape index (κ2) is 72.6. The highest BCUT2D eigenvalue weighted by Crippen LogP contribution is 2.19. The minimum Gasteiger partial charge on any atom is -0.462 e. The van der Waals surface area contributed by atoms with Gasteiger partial charge in [0.2, 0.25) is 0 Å². The maximum absolute atomic E-state index is 12.4. The maximum atomic E-state index is 12.4. The Labute approximate surface area is 512 Å². The predicted octanol–water partition coefficient (Wildman–Crippen LogP) is 25.4. The predicted molar refractivity (Wildman–Crippen MR) is 362 cm³/mol. The van der Waals surface area contributed by atoms with E-state index in [1.54, 1.807) is 0 Å². The number of unbranched alkanes of at least 4 members (excludes halogenated alkanes) is 48. The number of carbonyl (C=O) groups is 2. The summed E-state index contributed by atoms with van der Waals surface area (Å²) in [5.41, 5.74) is 0. The zero-order chi connectivity index (χ0) is 59.1. The van der Waals surface area contributed by atoms with Crippen molar-refractivity contribution in [2.45, 2.75) is 392 Å². The molecule has 0 aliphatic heterocycles. The molecule has 5 heteroatoms. The summed E-state index contributed by atoms with van der Waals surface area (Å²) < 4.78 is 10.8. The van der Waals surface area contributed by atoms with Crippen molar-refractivity contribution < 1.29 is 24.2 Å². The van der Waals surface area contributed by atoms with E-state index in [1.807, 2.05) is 0 Å². The van der Waals surface area contributed by atoms with Gasteiger partial charge in [0.15, 0.2) is 6.10 Å². The Hall–Kier alpha value is -2.66. The summed E-state index contributed by atoms with van der Waals surface area (Å²) >= 11 is 0. The molecule has 0 bridgehead atoms. The lowest BCUT2D eigenvalue weighted by molar-refractivity contribution is -0.161. The molecular weight excluding hydrogens is 1000 g/mol. The molecule has 0 saturated carbocycles. The van der Waals surface area contributed by atoms with E-state index in [9.17, 15) is 14.7 Å². The van der Waals surface area contributed by atoms with Crippen LogP contribution in [0.5, 0.6) is 0 Å². The maximum Gasteiger partial charge on any atom is 0.306 e. The number of allylic oxidation sites excluding steroid dienone is 12. The van der Waals surface area contributed by atoms with Crippen LogP contribution in [0.1, 0.15) is 386 Å². The lowest BCUT2D eigenvalue weighted by Gasteiger charge is -2.15. The summed E-state index contributed by atoms with van der Waals surface area (Å²) in [7, 11) is 0. The molecule has 0 aliphatic carbocycles. The van der Waals surface area contributed by atoms with E-state index in [-0.39, 0.29) is 25.2 Å². The summed E-state index contributed by atoms with van der Waals surface area (Å²) in [6.07, 6.45) is 101. The third-order valence-corrected chi connectivity index (χ3v) is 16.5. The lowest BCUT2D eigenvalue weighted by atomic mass is 10.0. The third kappa shape index (κ3) is 69.8. The Bertz CT molecular complexity index is 1440. The third-order valence-electron chi connectivity index (χ3n) is 16.5. The van der Waals surface area contributed by atoms with E-state index >= 15 is 0 Å². The molecule has 0 aromatic carbocycles. The van der Waals surface area contributed by atoms with Crippen molar-refractivity contribution in [1.29, 1.82) is 0 Å². The lowest BCUT2D eigenvalue weighted by Crippen LogP contribution is -2.28. The van der Waals surface area contributed by atoms with Gasteiger partial charge < -0.3 is 14.6 Å². The molecule has 0 aromatic rings. The number of rotatable bonds is 68. The fraction of sp³-hybridized carbons (Fsp3) is 0.818. The Morgan fingerprint density at radius 2 is 0.524 bits per heavy atom. The smallest absolute Gasteiger partial charge is 0.306 e. The molecule has 0 heterocycles. The summed E-state index contributed by atoms with van der Waals surface area (Å²) in [5.74, 6) is -0.568. The number of esters is 2. The number of aliphatic hydroxyl groups is 1. The fourth-order valence-electron chi connectivity index (χ4n) is 11.1. The molecule has 1 N–H and O–H groups in total. The van der Waals surface area contributed by atoms with Crippen LogP contribution in [0.15, 0.2) is 72.9 Å². The summed E-state index contributed by atoms with van der Waals surface area (Å²) in [5, 5.41) is 9.71. The van der Waals surface area contributed by atoms with Gasteiger partial charge in [-0.05, 0) is 83.5 Å². The first-order valence-corrected chi connectivity index (χ1v) is 36.5. The minimum absolute atomic E-state index is 0.0609. The van der Waals surface area contributed by atoms with Gasteiger partial charge in [0, 0.05) is 12.8 Å². The van der Waals surface area contributed by atoms with Crippen LogP contribution in [0.4, 0.5) is 0 Å². The van der Waals surface area contributed by atoms with E-state index < -0.39 is 6.10 Å². The Kier molecular flexibility index (Phi) is 70.2. The van der Waals surface area contributed by atoms with Gasteiger partial charge in [-0.3, -0.25) is 9.59 Å². The molecule has 0 fully saturated rings. The van der Waals surface area contributed by atoms with E-state index in [1.165, 1.54) is 289 Å². The molecular formula is C77H140O5. The monoisotopic (exact) mass is 1150 g/mol. The zero-order valence-electron chi connectivity index (χ0n) is 55.0. The first-order valence-electron chi connectivity index (χ1n) is 36.5. The van der Waals surface area contributed by atoms with Gasteiger partial charge in [0.25, 0.3) is 0 Å². The quantitative estimate of drug-likeness (QED) is 0.0373. The molecule has 1 atom stereocenters. The van der Waals surface area contributed by atoms with Gasteiger partial charge in [-0.25, -0.2) is 0 Å². The van der Waals surface area contributed by atoms with Crippen LogP contribution in [-0.2, 0) is 19.1 Å². The standard InChI is InChI=1S/C77H140O5/c1-3-5-7-9-11-13-15-17-19-21-23-25-27-29-31-32-33-34-35-36-37-38-39-40-41-42-43-44-46-48-50-52-54-56-58-60-62-64-66-68-70-72-77(80)82-75(73-78)74-81-76(79)71-69-67-65-63-61-59-57-55-53-51-49-47-45-30-28-26-24-22-20-18-16-14-12-10-8-6-4-2/h5,7,11,13,17,19,22-25,29,31,75,78H,3-4,6,8-10,12,14-16,18,20-21,26-28,30,32-74H2,1-2H3/b7-5-,13-11-,19-17-,24-22-,25-23-,31-29-. The van der Waals surface area contributed by atoms with Crippen molar-refractivity contribution in [2.75, 3.05) is 13.2 Å². The SMILES string of the molecule is CC/C=C\C/C=C\C/C=C\C/C=C\C/C=C\CCCCCCCCCCCCCCCCCCCCCCCCCCCC(=O)OC(CO)COC(=O)CCCCCCCCCCCCCCCCC/C=C\CCCCCCCCCC. The molecule has 0 spiro atoms. The molecule has 1 unspecified atom stereocenters. The molecule has 5 nitrogen and oxygen atoms in total. The van der Waals surface area contributed by atoms with Gasteiger partial charge in [-0.2, -0.15) is 0 Å². The Morgan fingerprint density at radius 1 is 0.293 bits per heavy atom. The highest BCUT2D eigenvalue weighted by Gasteiger charge is 2.16. The second-order valence-electron chi connectivity index (χ2n) is 24.6. The first-order chi connectivity index (χ1) is 40.6. The van der Waals surface area contributed by atoms with Gasteiger partial charge in [-0.1, -0.05) is 363 Å². The second-order valence-corrected chi connectivity index (χ2v) is 24.6. The molecule has 0 aliphatic rings. The highest BCUT2D eigenvalue weighted by atomic mass is 16.6. The van der Waals surface area contributed by atoms with Crippen molar-refractivity contribution in [2.24, 2.45) is 0 Å². The summed E-state index contributed by atoms with van der Waals surface area (Å²) in [4.78, 5) is 24.7. The number of aliphatic hydroxyl groups excluding tert-OH is 1. The van der Waals surface area contributed by atoms with Crippen LogP contribution in [0, 0.1) is 0 Å². The molecule has 0 amide bonds. The number of carbonyl (C=O) groups excluding carboxylic acids is 2. The first kappa shape index (κ1) is 79.3. The Balaban J connectivity index is 3.39. The van der Waals surface area contributed by atoms with Crippen LogP contribution >= 0.6 is 0 Å². The fourth-order valence-corrected chi connectivity index (χ4v) is 11.1. The van der Waals surface area contributed by atoms with Crippen LogP contribution in [0.2, 0.25) is 0 Å². The number of hydrogen-bond donors (Lipinski definition) is 1. The number of hydrogen-bond acceptors (Lipinski definition) is 5. The summed E-state index contributed by atoms with van der Waals surface area (Å²) in [6, 6.07) is 0. The van der Waals surface area contributed by atoms with Crippen molar-refractivity contribution >= 4 is 11.9 Å². The molecule has 82 heavy (non-hydrogen) atoms. The van der Waals surface area contributed by atoms with Gasteiger partial charge in [0.1, 0.15) is 6.61 Å². The van der Waals surface area contributed by atoms with Crippen LogP contribution in [0.25, 0.3) is 0 Å². The topological polar surface area (TPSA) is 72.8 Å². The largest absolute Gasteiger partial charge is 0.462 e. The molecule has 0 saturated heterocycles. The van der Waals surface area contributed by atoms with E-state index in [4.69, 9.17) is 9.47 Å². The summed E-state index contributed by atoms with van der Waals surface area (Å²) in [6.45, 7) is 4.08. The molecule has 0 rings (SSSR count). The average molecular weight is 1150 g/mol. The number of ether oxygens (including phenoxy) is 2. The zero-order valence-corrected chi connectivity index (χ0v) is 55.0. The molecule has 0 aromatic heterocycles. The molecule has 0 radical (unpaired) electrons. The normalized spacial score (nSPS) is 12.6. The Morgan fingerprint density at radius 3 is 0.805 bits per heavy atom. The van der Waals surface area contributed by atoms with E-state index in [0.717, 1.165) is 70.6 Å². The van der Waals surface area contributed by atoms with Gasteiger partial charge in [-0.15, -0.1) is 0 Å². The van der Waals surface area contributed by atoms with Crippen molar-refractivity contribution in [3.05, 3.63) is 72.9 Å². The van der Waals surface area contributed by atoms with Crippen molar-refractivity contribution in [3.8, 4) is 0 Å². The van der Waals surface area contributed by atoms with Gasteiger partial charge >= 0.3 is 11.9 Å². The van der Waals surface area contributed by atoms with Crippen molar-refractivity contribution in [1.82, 2.24) is 0 Å². The van der Waals surface area contributed by atoms with Crippen LogP contribution in [-0.4, -0.2) is 36.4 Å². The average Bonchev–Trinajstić information content (AvgIpc) is 3.49. The highest BCUT2D eigenvalue weighted by molar-refractivity contribution is 5.70.